The molecule has 0 aliphatic carbocycles. The molecule has 9 heteroatoms. The molecule has 1 aromatic carbocycles. The number of benzene rings is 1. The summed E-state index contributed by atoms with van der Waals surface area (Å²) in [5, 5.41) is 18.5. The second-order valence-corrected chi connectivity index (χ2v) is 7.45. The van der Waals surface area contributed by atoms with Gasteiger partial charge in [-0.2, -0.15) is 10.5 Å². The Kier molecular flexibility index (Phi) is 7.83. The van der Waals surface area contributed by atoms with Crippen molar-refractivity contribution in [2.45, 2.75) is 31.5 Å². The van der Waals surface area contributed by atoms with Gasteiger partial charge in [0.2, 0.25) is 5.91 Å². The lowest BCUT2D eigenvalue weighted by Gasteiger charge is -2.20. The Morgan fingerprint density at radius 3 is 2.56 bits per heavy atom. The number of nitriles is 2. The molecule has 140 valence electrons. The Morgan fingerprint density at radius 2 is 1.96 bits per heavy atom. The molecule has 0 aliphatic rings. The predicted octanol–water partition coefficient (Wildman–Crippen LogP) is 2.93. The van der Waals surface area contributed by atoms with Gasteiger partial charge in [0.05, 0.1) is 41.6 Å². The van der Waals surface area contributed by atoms with Crippen LogP contribution in [0.4, 0.5) is 0 Å². The summed E-state index contributed by atoms with van der Waals surface area (Å²) in [7, 11) is 0. The van der Waals surface area contributed by atoms with Gasteiger partial charge < -0.3 is 4.90 Å². The van der Waals surface area contributed by atoms with E-state index in [0.29, 0.717) is 22.6 Å². The zero-order valence-corrected chi connectivity index (χ0v) is 17.2. The molecule has 0 spiro atoms. The highest BCUT2D eigenvalue weighted by Crippen LogP contribution is 2.21. The summed E-state index contributed by atoms with van der Waals surface area (Å²) in [6.45, 7) is 2.87. The largest absolute Gasteiger partial charge is 0.340 e. The maximum atomic E-state index is 12.7. The Bertz CT molecular complexity index is 959. The quantitative estimate of drug-likeness (QED) is 0.455. The average Bonchev–Trinajstić information content (AvgIpc) is 2.67. The Labute approximate surface area is 169 Å². The van der Waals surface area contributed by atoms with Crippen LogP contribution in [0.5, 0.6) is 0 Å². The number of halogens is 1. The molecule has 2 aromatic rings. The summed E-state index contributed by atoms with van der Waals surface area (Å²) in [6.07, 6.45) is 0.426. The minimum Gasteiger partial charge on any atom is -0.340 e. The van der Waals surface area contributed by atoms with Crippen LogP contribution >= 0.6 is 27.7 Å². The number of nitrogens with zero attached hydrogens (tertiary/aromatic N) is 5. The van der Waals surface area contributed by atoms with E-state index < -0.39 is 0 Å². The van der Waals surface area contributed by atoms with Crippen LogP contribution in [-0.4, -0.2) is 39.2 Å². The van der Waals surface area contributed by atoms with Crippen LogP contribution in [0.3, 0.4) is 0 Å². The molecule has 0 bridgehead atoms. The summed E-state index contributed by atoms with van der Waals surface area (Å²) in [5.41, 5.74) is 0.429. The number of hydrogen-bond donors (Lipinski definition) is 0. The van der Waals surface area contributed by atoms with Gasteiger partial charge >= 0.3 is 0 Å². The molecule has 0 fully saturated rings. The second kappa shape index (κ2) is 10.1. The number of aromatic nitrogens is 2. The van der Waals surface area contributed by atoms with Crippen molar-refractivity contribution in [2.75, 3.05) is 18.8 Å². The first-order chi connectivity index (χ1) is 13.0. The first-order valence-electron chi connectivity index (χ1n) is 8.36. The molecule has 1 amide bonds. The minimum absolute atomic E-state index is 0.0886. The van der Waals surface area contributed by atoms with Crippen molar-refractivity contribution in [3.63, 3.8) is 0 Å². The fraction of sp³-hybridized carbons (Fsp3) is 0.389. The topological polar surface area (TPSA) is 103 Å². The smallest absolute Gasteiger partial charge is 0.262 e. The zero-order chi connectivity index (χ0) is 19.8. The predicted molar refractivity (Wildman–Crippen MR) is 107 cm³/mol. The third-order valence-electron chi connectivity index (χ3n) is 3.86. The molecule has 27 heavy (non-hydrogen) atoms. The number of carbonyl (C=O) groups is 1. The fourth-order valence-electron chi connectivity index (χ4n) is 2.51. The molecule has 0 aliphatic heterocycles. The molecule has 2 rings (SSSR count). The van der Waals surface area contributed by atoms with E-state index in [1.807, 2.05) is 25.1 Å². The van der Waals surface area contributed by atoms with Gasteiger partial charge in [0, 0.05) is 24.1 Å². The van der Waals surface area contributed by atoms with Gasteiger partial charge in [0.25, 0.3) is 5.56 Å². The SMILES string of the molecule is CCn1c(SCC(=O)N(CCC#N)CCC#N)nc2ccc(Br)cc2c1=O. The number of carbonyl (C=O) groups excluding carboxylic acids is 1. The third kappa shape index (κ3) is 5.31. The van der Waals surface area contributed by atoms with Gasteiger partial charge in [-0.15, -0.1) is 0 Å². The van der Waals surface area contributed by atoms with E-state index in [1.54, 1.807) is 16.7 Å². The van der Waals surface area contributed by atoms with E-state index in [-0.39, 0.29) is 43.2 Å². The van der Waals surface area contributed by atoms with Crippen molar-refractivity contribution in [2.24, 2.45) is 0 Å². The fourth-order valence-corrected chi connectivity index (χ4v) is 3.84. The van der Waals surface area contributed by atoms with Crippen LogP contribution < -0.4 is 5.56 Å². The van der Waals surface area contributed by atoms with Crippen LogP contribution in [0.1, 0.15) is 19.8 Å². The summed E-state index contributed by atoms with van der Waals surface area (Å²) in [6, 6.07) is 9.33. The highest BCUT2D eigenvalue weighted by Gasteiger charge is 2.16. The number of thioether (sulfide) groups is 1. The van der Waals surface area contributed by atoms with E-state index in [2.05, 4.69) is 20.9 Å². The van der Waals surface area contributed by atoms with Crippen molar-refractivity contribution in [1.82, 2.24) is 14.5 Å². The summed E-state index contributed by atoms with van der Waals surface area (Å²) < 4.78 is 2.35. The number of hydrogen-bond acceptors (Lipinski definition) is 6. The van der Waals surface area contributed by atoms with Gasteiger partial charge in [-0.1, -0.05) is 27.7 Å². The zero-order valence-electron chi connectivity index (χ0n) is 14.8. The van der Waals surface area contributed by atoms with Gasteiger partial charge in [0.15, 0.2) is 5.16 Å². The van der Waals surface area contributed by atoms with Crippen LogP contribution in [0.2, 0.25) is 0 Å². The van der Waals surface area contributed by atoms with Crippen molar-refractivity contribution in [3.05, 3.63) is 33.0 Å². The number of rotatable bonds is 8. The Morgan fingerprint density at radius 1 is 1.30 bits per heavy atom. The normalized spacial score (nSPS) is 10.4. The Hall–Kier alpha value is -2.36. The average molecular weight is 448 g/mol. The maximum absolute atomic E-state index is 12.7. The monoisotopic (exact) mass is 447 g/mol. The lowest BCUT2D eigenvalue weighted by atomic mass is 10.2. The number of fused-ring (bicyclic) bond motifs is 1. The van der Waals surface area contributed by atoms with E-state index in [4.69, 9.17) is 10.5 Å². The lowest BCUT2D eigenvalue weighted by Crippen LogP contribution is -2.34. The van der Waals surface area contributed by atoms with Crippen LogP contribution in [0, 0.1) is 22.7 Å². The molecule has 1 aromatic heterocycles. The molecule has 0 saturated carbocycles. The Balaban J connectivity index is 2.23. The molecule has 0 saturated heterocycles. The summed E-state index contributed by atoms with van der Waals surface area (Å²) in [4.78, 5) is 31.2. The van der Waals surface area contributed by atoms with Crippen molar-refractivity contribution in [3.8, 4) is 12.1 Å². The maximum Gasteiger partial charge on any atom is 0.262 e. The van der Waals surface area contributed by atoms with Gasteiger partial charge in [0.1, 0.15) is 0 Å². The molecule has 1 heterocycles. The van der Waals surface area contributed by atoms with E-state index in [9.17, 15) is 9.59 Å². The molecular weight excluding hydrogens is 430 g/mol. The van der Waals surface area contributed by atoms with Crippen LogP contribution in [0.25, 0.3) is 10.9 Å². The van der Waals surface area contributed by atoms with Crippen LogP contribution in [-0.2, 0) is 11.3 Å². The molecule has 0 radical (unpaired) electrons. The first kappa shape index (κ1) is 20.9. The van der Waals surface area contributed by atoms with E-state index in [1.165, 1.54) is 16.7 Å². The highest BCUT2D eigenvalue weighted by molar-refractivity contribution is 9.10. The van der Waals surface area contributed by atoms with Gasteiger partial charge in [-0.3, -0.25) is 14.2 Å². The first-order valence-corrected chi connectivity index (χ1v) is 10.1. The molecule has 0 atom stereocenters. The second-order valence-electron chi connectivity index (χ2n) is 5.59. The summed E-state index contributed by atoms with van der Waals surface area (Å²) in [5.74, 6) is -0.0935. The molecule has 0 unspecified atom stereocenters. The van der Waals surface area contributed by atoms with Crippen LogP contribution in [0.15, 0.2) is 32.6 Å². The minimum atomic E-state index is -0.182. The summed E-state index contributed by atoms with van der Waals surface area (Å²) >= 11 is 4.55. The lowest BCUT2D eigenvalue weighted by molar-refractivity contribution is -0.128. The molecule has 0 N–H and O–H groups in total. The van der Waals surface area contributed by atoms with Crippen molar-refractivity contribution < 1.29 is 4.79 Å². The van der Waals surface area contributed by atoms with Crippen molar-refractivity contribution >= 4 is 44.5 Å². The third-order valence-corrected chi connectivity index (χ3v) is 5.32. The van der Waals surface area contributed by atoms with Gasteiger partial charge in [-0.25, -0.2) is 4.98 Å². The van der Waals surface area contributed by atoms with Gasteiger partial charge in [-0.05, 0) is 25.1 Å². The standard InChI is InChI=1S/C18H18BrN5O2S/c1-2-24-17(26)14-11-13(19)5-6-15(14)22-18(24)27-12-16(25)23(9-3-7-20)10-4-8-21/h5-6,11H,2-4,9-10,12H2,1H3. The molecule has 7 nitrogen and oxygen atoms in total. The van der Waals surface area contributed by atoms with Crippen molar-refractivity contribution in [1.29, 1.82) is 10.5 Å². The number of amides is 1. The van der Waals surface area contributed by atoms with E-state index >= 15 is 0 Å². The van der Waals surface area contributed by atoms with E-state index in [0.717, 1.165) is 4.47 Å². The highest BCUT2D eigenvalue weighted by atomic mass is 79.9. The molecular formula is C18H18BrN5O2S.